The highest BCUT2D eigenvalue weighted by atomic mass is 16.7. The van der Waals surface area contributed by atoms with E-state index in [0.717, 1.165) is 12.2 Å². The van der Waals surface area contributed by atoms with E-state index in [4.69, 9.17) is 37.9 Å². The van der Waals surface area contributed by atoms with Gasteiger partial charge in [0.15, 0.2) is 6.29 Å². The molecule has 0 heterocycles. The average Bonchev–Trinajstić information content (AvgIpc) is 3.01. The largest absolute Gasteiger partial charge is 0.491 e. The molecule has 0 aliphatic rings. The first kappa shape index (κ1) is 33.2. The second-order valence-electron chi connectivity index (χ2n) is 8.15. The molecule has 2 aromatic carbocycles. The van der Waals surface area contributed by atoms with Crippen LogP contribution >= 0.6 is 0 Å². The number of carbonyl (C=O) groups is 3. The lowest BCUT2D eigenvalue weighted by Crippen LogP contribution is -2.40. The van der Waals surface area contributed by atoms with Crippen LogP contribution in [0.2, 0.25) is 0 Å². The topological polar surface area (TPSA) is 125 Å². The number of ether oxygens (including phenoxy) is 8. The molecule has 0 amide bonds. The van der Waals surface area contributed by atoms with E-state index in [-0.39, 0.29) is 39.6 Å². The van der Waals surface area contributed by atoms with Gasteiger partial charge in [-0.05, 0) is 55.5 Å². The number of methoxy groups -OCH3 is 2. The third-order valence-electron chi connectivity index (χ3n) is 5.54. The molecule has 222 valence electrons. The van der Waals surface area contributed by atoms with Gasteiger partial charge in [-0.2, -0.15) is 0 Å². The van der Waals surface area contributed by atoms with E-state index in [1.165, 1.54) is 14.2 Å². The minimum atomic E-state index is -1.68. The van der Waals surface area contributed by atoms with E-state index < -0.39 is 29.8 Å². The summed E-state index contributed by atoms with van der Waals surface area (Å²) in [5.41, 5.74) is 0.812. The molecule has 2 rings (SSSR count). The SMILES string of the molecule is C=CC(=O)OCCOc1ccc(C(=O)C(OC)(OC)c2ccc(OCCOC(C)OCCOC(=O)C=C)cc2)cc1. The first-order valence-corrected chi connectivity index (χ1v) is 12.7. The summed E-state index contributed by atoms with van der Waals surface area (Å²) in [5.74, 6) is -2.09. The summed E-state index contributed by atoms with van der Waals surface area (Å²) < 4.78 is 43.0. The molecular weight excluding hydrogens is 536 g/mol. The highest BCUT2D eigenvalue weighted by Crippen LogP contribution is 2.32. The molecule has 0 saturated carbocycles. The number of hydrogen-bond donors (Lipinski definition) is 0. The smallest absolute Gasteiger partial charge is 0.330 e. The van der Waals surface area contributed by atoms with Gasteiger partial charge in [-0.1, -0.05) is 13.2 Å². The summed E-state index contributed by atoms with van der Waals surface area (Å²) in [6.07, 6.45) is 1.64. The van der Waals surface area contributed by atoms with Crippen LogP contribution in [-0.2, 0) is 43.8 Å². The minimum Gasteiger partial charge on any atom is -0.491 e. The molecule has 11 heteroatoms. The Balaban J connectivity index is 1.89. The zero-order valence-corrected chi connectivity index (χ0v) is 23.5. The summed E-state index contributed by atoms with van der Waals surface area (Å²) >= 11 is 0. The van der Waals surface area contributed by atoms with Gasteiger partial charge in [0.1, 0.15) is 37.9 Å². The fourth-order valence-corrected chi connectivity index (χ4v) is 3.50. The van der Waals surface area contributed by atoms with Crippen molar-refractivity contribution in [3.63, 3.8) is 0 Å². The van der Waals surface area contributed by atoms with Crippen LogP contribution in [0.15, 0.2) is 73.8 Å². The van der Waals surface area contributed by atoms with Crippen LogP contribution in [0.4, 0.5) is 0 Å². The Morgan fingerprint density at radius 1 is 0.707 bits per heavy atom. The quantitative estimate of drug-likeness (QED) is 0.0760. The molecule has 0 N–H and O–H groups in total. The Kier molecular flexibility index (Phi) is 14.3. The number of Topliss-reactive ketones (excluding diaryl/α,β-unsaturated/α-hetero) is 1. The summed E-state index contributed by atoms with van der Waals surface area (Å²) in [6.45, 7) is 9.38. The van der Waals surface area contributed by atoms with Gasteiger partial charge in [0.2, 0.25) is 5.78 Å². The van der Waals surface area contributed by atoms with Crippen molar-refractivity contribution >= 4 is 17.7 Å². The minimum absolute atomic E-state index is 0.0683. The van der Waals surface area contributed by atoms with Crippen molar-refractivity contribution in [1.29, 1.82) is 0 Å². The van der Waals surface area contributed by atoms with Crippen molar-refractivity contribution in [2.45, 2.75) is 19.0 Å². The molecule has 0 bridgehead atoms. The molecule has 0 aliphatic carbocycles. The molecule has 2 aromatic rings. The van der Waals surface area contributed by atoms with Gasteiger partial charge >= 0.3 is 11.9 Å². The van der Waals surface area contributed by atoms with Crippen molar-refractivity contribution in [2.24, 2.45) is 0 Å². The Bertz CT molecular complexity index is 1120. The Labute approximate surface area is 239 Å². The zero-order valence-electron chi connectivity index (χ0n) is 23.5. The van der Waals surface area contributed by atoms with Crippen molar-refractivity contribution in [3.8, 4) is 11.5 Å². The number of hydrogen-bond acceptors (Lipinski definition) is 11. The second kappa shape index (κ2) is 17.6. The maximum atomic E-state index is 13.5. The lowest BCUT2D eigenvalue weighted by atomic mass is 9.95. The molecule has 1 atom stereocenters. The molecule has 41 heavy (non-hydrogen) atoms. The van der Waals surface area contributed by atoms with Crippen LogP contribution < -0.4 is 9.47 Å². The van der Waals surface area contributed by atoms with Crippen molar-refractivity contribution in [3.05, 3.63) is 85.0 Å². The van der Waals surface area contributed by atoms with E-state index in [1.54, 1.807) is 55.5 Å². The number of rotatable bonds is 20. The van der Waals surface area contributed by atoms with Gasteiger partial charge < -0.3 is 37.9 Å². The van der Waals surface area contributed by atoms with Crippen LogP contribution in [-0.4, -0.2) is 77.9 Å². The summed E-state index contributed by atoms with van der Waals surface area (Å²) in [6, 6.07) is 13.2. The zero-order chi connectivity index (χ0) is 30.1. The van der Waals surface area contributed by atoms with Gasteiger partial charge in [-0.3, -0.25) is 4.79 Å². The average molecular weight is 573 g/mol. The molecule has 1 unspecified atom stereocenters. The molecule has 0 spiro atoms. The summed E-state index contributed by atoms with van der Waals surface area (Å²) in [5, 5.41) is 0. The number of ketones is 1. The maximum Gasteiger partial charge on any atom is 0.330 e. The number of esters is 2. The predicted molar refractivity (Wildman–Crippen MR) is 148 cm³/mol. The normalized spacial score (nSPS) is 11.7. The summed E-state index contributed by atoms with van der Waals surface area (Å²) in [7, 11) is 2.77. The monoisotopic (exact) mass is 572 g/mol. The molecule has 11 nitrogen and oxygen atoms in total. The van der Waals surface area contributed by atoms with Gasteiger partial charge in [0, 0.05) is 37.5 Å². The Hall–Kier alpha value is -4.03. The fourth-order valence-electron chi connectivity index (χ4n) is 3.50. The number of carbonyl (C=O) groups excluding carboxylic acids is 3. The molecule has 0 radical (unpaired) electrons. The van der Waals surface area contributed by atoms with Crippen LogP contribution in [0.5, 0.6) is 11.5 Å². The molecule has 0 fully saturated rings. The molecule has 0 saturated heterocycles. The van der Waals surface area contributed by atoms with E-state index >= 15 is 0 Å². The van der Waals surface area contributed by atoms with Crippen molar-refractivity contribution < 1.29 is 52.3 Å². The van der Waals surface area contributed by atoms with E-state index in [0.29, 0.717) is 22.6 Å². The maximum absolute atomic E-state index is 13.5. The third-order valence-corrected chi connectivity index (χ3v) is 5.54. The number of benzene rings is 2. The Morgan fingerprint density at radius 3 is 1.63 bits per heavy atom. The summed E-state index contributed by atoms with van der Waals surface area (Å²) in [4.78, 5) is 35.5. The third kappa shape index (κ3) is 10.5. The molecular formula is C30H36O11. The first-order chi connectivity index (χ1) is 19.8. The van der Waals surface area contributed by atoms with Crippen molar-refractivity contribution in [1.82, 2.24) is 0 Å². The highest BCUT2D eigenvalue weighted by Gasteiger charge is 2.41. The lowest BCUT2D eigenvalue weighted by molar-refractivity contribution is -0.176. The van der Waals surface area contributed by atoms with E-state index in [1.807, 2.05) is 0 Å². The second-order valence-corrected chi connectivity index (χ2v) is 8.15. The van der Waals surface area contributed by atoms with Gasteiger partial charge in [0.25, 0.3) is 5.79 Å². The van der Waals surface area contributed by atoms with Gasteiger partial charge in [-0.25, -0.2) is 9.59 Å². The van der Waals surface area contributed by atoms with E-state index in [2.05, 4.69) is 13.2 Å². The van der Waals surface area contributed by atoms with Crippen LogP contribution in [0, 0.1) is 0 Å². The first-order valence-electron chi connectivity index (χ1n) is 12.7. The lowest BCUT2D eigenvalue weighted by Gasteiger charge is -2.30. The van der Waals surface area contributed by atoms with Gasteiger partial charge in [0.05, 0.1) is 13.2 Å². The molecule has 0 aromatic heterocycles. The van der Waals surface area contributed by atoms with Crippen molar-refractivity contribution in [2.75, 3.05) is 53.9 Å². The van der Waals surface area contributed by atoms with E-state index in [9.17, 15) is 14.4 Å². The molecule has 0 aliphatic heterocycles. The van der Waals surface area contributed by atoms with Gasteiger partial charge in [-0.15, -0.1) is 0 Å². The predicted octanol–water partition coefficient (Wildman–Crippen LogP) is 3.61. The van der Waals surface area contributed by atoms with Crippen LogP contribution in [0.1, 0.15) is 22.8 Å². The Morgan fingerprint density at radius 2 is 1.15 bits per heavy atom. The van der Waals surface area contributed by atoms with Crippen LogP contribution in [0.3, 0.4) is 0 Å². The fraction of sp³-hybridized carbons (Fsp3) is 0.367. The standard InChI is InChI=1S/C30H36O11/c1-6-27(31)40-20-17-37-22(3)36-16-18-38-26-14-10-24(11-15-26)30(34-4,35-5)29(33)23-8-12-25(13-9-23)39-19-21-41-28(32)7-2/h6-15,22H,1-2,16-21H2,3-5H3. The van der Waals surface area contributed by atoms with Crippen LogP contribution in [0.25, 0.3) is 0 Å². The highest BCUT2D eigenvalue weighted by molar-refractivity contribution is 6.02.